The summed E-state index contributed by atoms with van der Waals surface area (Å²) in [6.45, 7) is 5.25. The number of carbonyl (C=O) groups is 2. The van der Waals surface area contributed by atoms with Crippen LogP contribution < -0.4 is 10.6 Å². The first kappa shape index (κ1) is 20.8. The van der Waals surface area contributed by atoms with E-state index in [1.54, 1.807) is 12.1 Å². The number of nitrogens with one attached hydrogen (secondary N) is 3. The zero-order valence-electron chi connectivity index (χ0n) is 17.3. The van der Waals surface area contributed by atoms with Crippen LogP contribution in [0.5, 0.6) is 0 Å². The van der Waals surface area contributed by atoms with Crippen molar-refractivity contribution in [3.63, 3.8) is 0 Å². The first-order valence-corrected chi connectivity index (χ1v) is 9.85. The Bertz CT molecular complexity index is 975. The molecule has 0 fully saturated rings. The van der Waals surface area contributed by atoms with Crippen LogP contribution in [0.1, 0.15) is 46.7 Å². The lowest BCUT2D eigenvalue weighted by Gasteiger charge is -2.11. The molecule has 1 aromatic carbocycles. The van der Waals surface area contributed by atoms with Gasteiger partial charge < -0.3 is 20.5 Å². The lowest BCUT2D eigenvalue weighted by molar-refractivity contribution is -0.110. The first-order valence-electron chi connectivity index (χ1n) is 9.85. The molecule has 7 heteroatoms. The van der Waals surface area contributed by atoms with Crippen LogP contribution in [0.3, 0.4) is 0 Å². The standard InChI is InChI=1S/C22H27FN4O2/c1-5-14-19(12-16-15-11-13(23)7-8-18(15)26-21(16)28)25-17(6-2)20(14)22(29)24-9-10-27(3)4/h7-8,11-12,25H,5-6,9-10H2,1-4H3,(H,24,29)(H,26,28). The van der Waals surface area contributed by atoms with Gasteiger partial charge in [-0.3, -0.25) is 9.59 Å². The molecule has 0 saturated carbocycles. The van der Waals surface area contributed by atoms with Gasteiger partial charge in [-0.05, 0) is 56.8 Å². The highest BCUT2D eigenvalue weighted by molar-refractivity contribution is 6.34. The summed E-state index contributed by atoms with van der Waals surface area (Å²) in [4.78, 5) is 30.6. The molecular formula is C22H27FN4O2. The third-order valence-electron chi connectivity index (χ3n) is 5.05. The van der Waals surface area contributed by atoms with Crippen molar-refractivity contribution < 1.29 is 14.0 Å². The van der Waals surface area contributed by atoms with Crippen LogP contribution in [-0.4, -0.2) is 48.9 Å². The van der Waals surface area contributed by atoms with E-state index in [-0.39, 0.29) is 11.8 Å². The van der Waals surface area contributed by atoms with Crippen LogP contribution in [0.25, 0.3) is 11.6 Å². The van der Waals surface area contributed by atoms with E-state index in [1.807, 2.05) is 32.8 Å². The van der Waals surface area contributed by atoms with Gasteiger partial charge in [0.05, 0.1) is 11.1 Å². The van der Waals surface area contributed by atoms with Crippen molar-refractivity contribution in [3.05, 3.63) is 52.1 Å². The molecule has 0 bridgehead atoms. The monoisotopic (exact) mass is 398 g/mol. The summed E-state index contributed by atoms with van der Waals surface area (Å²) in [6, 6.07) is 4.22. The second kappa shape index (κ2) is 8.61. The summed E-state index contributed by atoms with van der Waals surface area (Å²) in [5.41, 5.74) is 4.54. The maximum Gasteiger partial charge on any atom is 0.256 e. The highest BCUT2D eigenvalue weighted by Gasteiger charge is 2.26. The number of nitrogens with zero attached hydrogens (tertiary/aromatic N) is 1. The van der Waals surface area contributed by atoms with Crippen LogP contribution in [0.15, 0.2) is 18.2 Å². The second-order valence-electron chi connectivity index (χ2n) is 7.34. The molecule has 2 amide bonds. The van der Waals surface area contributed by atoms with E-state index in [0.29, 0.717) is 47.5 Å². The fourth-order valence-electron chi connectivity index (χ4n) is 3.58. The number of rotatable bonds is 7. The highest BCUT2D eigenvalue weighted by atomic mass is 19.1. The quantitative estimate of drug-likeness (QED) is 0.628. The SMILES string of the molecule is CCc1[nH]c(C=C2C(=O)Nc3ccc(F)cc32)c(CC)c1C(=O)NCCN(C)C. The summed E-state index contributed by atoms with van der Waals surface area (Å²) >= 11 is 0. The van der Waals surface area contributed by atoms with Crippen molar-refractivity contribution >= 4 is 29.2 Å². The lowest BCUT2D eigenvalue weighted by Crippen LogP contribution is -2.32. The van der Waals surface area contributed by atoms with Gasteiger partial charge in [0.15, 0.2) is 0 Å². The minimum atomic E-state index is -0.399. The Balaban J connectivity index is 2.00. The second-order valence-corrected chi connectivity index (χ2v) is 7.34. The van der Waals surface area contributed by atoms with Crippen LogP contribution in [0.4, 0.5) is 10.1 Å². The minimum absolute atomic E-state index is 0.122. The zero-order valence-corrected chi connectivity index (χ0v) is 17.3. The Hall–Kier alpha value is -2.93. The number of anilines is 1. The molecule has 0 aliphatic carbocycles. The average Bonchev–Trinajstić information content (AvgIpc) is 3.18. The molecule has 1 aromatic heterocycles. The molecule has 0 saturated heterocycles. The highest BCUT2D eigenvalue weighted by Crippen LogP contribution is 2.34. The number of halogens is 1. The molecule has 154 valence electrons. The van der Waals surface area contributed by atoms with E-state index in [9.17, 15) is 14.0 Å². The Kier molecular flexibility index (Phi) is 6.17. The molecule has 0 spiro atoms. The topological polar surface area (TPSA) is 77.2 Å². The van der Waals surface area contributed by atoms with Crippen molar-refractivity contribution in [3.8, 4) is 0 Å². The maximum absolute atomic E-state index is 13.7. The van der Waals surface area contributed by atoms with Gasteiger partial charge in [0.2, 0.25) is 0 Å². The van der Waals surface area contributed by atoms with Gasteiger partial charge in [-0.1, -0.05) is 13.8 Å². The van der Waals surface area contributed by atoms with E-state index < -0.39 is 5.82 Å². The lowest BCUT2D eigenvalue weighted by atomic mass is 10.0. The third-order valence-corrected chi connectivity index (χ3v) is 5.05. The Morgan fingerprint density at radius 3 is 2.66 bits per heavy atom. The molecule has 0 radical (unpaired) electrons. The fourth-order valence-corrected chi connectivity index (χ4v) is 3.58. The minimum Gasteiger partial charge on any atom is -0.358 e. The molecular weight excluding hydrogens is 371 g/mol. The van der Waals surface area contributed by atoms with Crippen LogP contribution in [-0.2, 0) is 17.6 Å². The number of aromatic nitrogens is 1. The number of benzene rings is 1. The number of aryl methyl sites for hydroxylation is 1. The van der Waals surface area contributed by atoms with Crippen molar-refractivity contribution in [1.82, 2.24) is 15.2 Å². The molecule has 3 rings (SSSR count). The Morgan fingerprint density at radius 2 is 2.00 bits per heavy atom. The van der Waals surface area contributed by atoms with Crippen molar-refractivity contribution in [2.45, 2.75) is 26.7 Å². The van der Waals surface area contributed by atoms with E-state index in [0.717, 1.165) is 17.8 Å². The van der Waals surface area contributed by atoms with Gasteiger partial charge in [0.25, 0.3) is 11.8 Å². The van der Waals surface area contributed by atoms with Crippen molar-refractivity contribution in [2.24, 2.45) is 0 Å². The number of aromatic amines is 1. The molecule has 1 aliphatic heterocycles. The molecule has 2 aromatic rings. The molecule has 2 heterocycles. The predicted octanol–water partition coefficient (Wildman–Crippen LogP) is 3.06. The van der Waals surface area contributed by atoms with Gasteiger partial charge in [0.1, 0.15) is 5.82 Å². The molecule has 3 N–H and O–H groups in total. The van der Waals surface area contributed by atoms with Crippen LogP contribution in [0, 0.1) is 5.82 Å². The Morgan fingerprint density at radius 1 is 1.24 bits per heavy atom. The summed E-state index contributed by atoms with van der Waals surface area (Å²) < 4.78 is 13.7. The summed E-state index contributed by atoms with van der Waals surface area (Å²) in [5.74, 6) is -0.801. The van der Waals surface area contributed by atoms with Gasteiger partial charge in [-0.15, -0.1) is 0 Å². The van der Waals surface area contributed by atoms with E-state index in [2.05, 4.69) is 15.6 Å². The third kappa shape index (κ3) is 4.24. The maximum atomic E-state index is 13.7. The van der Waals surface area contributed by atoms with E-state index in [4.69, 9.17) is 0 Å². The number of H-pyrrole nitrogens is 1. The van der Waals surface area contributed by atoms with Crippen LogP contribution in [0.2, 0.25) is 0 Å². The largest absolute Gasteiger partial charge is 0.358 e. The Labute approximate surface area is 170 Å². The summed E-state index contributed by atoms with van der Waals surface area (Å²) in [7, 11) is 3.91. The smallest absolute Gasteiger partial charge is 0.256 e. The number of hydrogen-bond acceptors (Lipinski definition) is 3. The van der Waals surface area contributed by atoms with E-state index >= 15 is 0 Å². The molecule has 0 atom stereocenters. The number of hydrogen-bond donors (Lipinski definition) is 3. The number of carbonyl (C=O) groups excluding carboxylic acids is 2. The van der Waals surface area contributed by atoms with Crippen molar-refractivity contribution in [2.75, 3.05) is 32.5 Å². The van der Waals surface area contributed by atoms with Gasteiger partial charge in [-0.25, -0.2) is 4.39 Å². The number of fused-ring (bicyclic) bond motifs is 1. The van der Waals surface area contributed by atoms with Crippen LogP contribution >= 0.6 is 0 Å². The van der Waals surface area contributed by atoms with E-state index in [1.165, 1.54) is 12.1 Å². The zero-order chi connectivity index (χ0) is 21.1. The van der Waals surface area contributed by atoms with Crippen molar-refractivity contribution in [1.29, 1.82) is 0 Å². The molecule has 29 heavy (non-hydrogen) atoms. The van der Waals surface area contributed by atoms with Gasteiger partial charge >= 0.3 is 0 Å². The fraction of sp³-hybridized carbons (Fsp3) is 0.364. The van der Waals surface area contributed by atoms with Gasteiger partial charge in [0, 0.05) is 35.7 Å². The number of amides is 2. The molecule has 6 nitrogen and oxygen atoms in total. The molecule has 1 aliphatic rings. The summed E-state index contributed by atoms with van der Waals surface area (Å²) in [6.07, 6.45) is 3.00. The molecule has 0 unspecified atom stereocenters. The normalized spacial score (nSPS) is 14.4. The first-order chi connectivity index (χ1) is 13.8. The number of likely N-dealkylation sites (N-methyl/N-ethyl adjacent to an activating group) is 1. The predicted molar refractivity (Wildman–Crippen MR) is 113 cm³/mol. The summed E-state index contributed by atoms with van der Waals surface area (Å²) in [5, 5.41) is 5.73. The average molecular weight is 398 g/mol. The van der Waals surface area contributed by atoms with Gasteiger partial charge in [-0.2, -0.15) is 0 Å².